The highest BCUT2D eigenvalue weighted by atomic mass is 35.5. The van der Waals surface area contributed by atoms with E-state index in [9.17, 15) is 4.79 Å². The molecule has 0 saturated carbocycles. The summed E-state index contributed by atoms with van der Waals surface area (Å²) in [6.07, 6.45) is 2.37. The number of hydrogen-bond donors (Lipinski definition) is 0. The minimum Gasteiger partial charge on any atom is -0.342 e. The molecule has 1 aliphatic heterocycles. The molecule has 2 heterocycles. The first-order chi connectivity index (χ1) is 10.1. The van der Waals surface area contributed by atoms with Gasteiger partial charge in [0.15, 0.2) is 5.15 Å². The predicted molar refractivity (Wildman–Crippen MR) is 83.2 cm³/mol. The van der Waals surface area contributed by atoms with Crippen molar-refractivity contribution in [2.75, 3.05) is 13.1 Å². The van der Waals surface area contributed by atoms with Crippen LogP contribution in [-0.4, -0.2) is 33.9 Å². The molecule has 1 aliphatic rings. The summed E-state index contributed by atoms with van der Waals surface area (Å²) < 4.78 is 0. The van der Waals surface area contributed by atoms with Crippen LogP contribution in [0.4, 0.5) is 0 Å². The average Bonchev–Trinajstić information content (AvgIpc) is 2.48. The van der Waals surface area contributed by atoms with E-state index in [1.165, 1.54) is 0 Å². The molecule has 0 radical (unpaired) electrons. The fourth-order valence-corrected chi connectivity index (χ4v) is 2.84. The number of fused-ring (bicyclic) bond motifs is 1. The van der Waals surface area contributed by atoms with Crippen molar-refractivity contribution in [3.05, 3.63) is 35.1 Å². The van der Waals surface area contributed by atoms with Gasteiger partial charge in [0.2, 0.25) is 5.91 Å². The molecule has 0 atom stereocenters. The van der Waals surface area contributed by atoms with Crippen molar-refractivity contribution in [3.8, 4) is 0 Å². The van der Waals surface area contributed by atoms with E-state index in [2.05, 4.69) is 16.9 Å². The van der Waals surface area contributed by atoms with Gasteiger partial charge in [0.1, 0.15) is 0 Å². The molecule has 0 N–H and O–H groups in total. The lowest BCUT2D eigenvalue weighted by Crippen LogP contribution is -2.38. The number of carbonyl (C=O) groups is 1. The number of halogens is 1. The summed E-state index contributed by atoms with van der Waals surface area (Å²) in [5.41, 5.74) is 2.10. The second-order valence-corrected chi connectivity index (χ2v) is 6.05. The van der Waals surface area contributed by atoms with Gasteiger partial charge >= 0.3 is 0 Å². The van der Waals surface area contributed by atoms with E-state index in [0.717, 1.165) is 37.0 Å². The van der Waals surface area contributed by atoms with E-state index < -0.39 is 0 Å². The Balaban J connectivity index is 1.78. The van der Waals surface area contributed by atoms with Gasteiger partial charge in [0, 0.05) is 13.1 Å². The van der Waals surface area contributed by atoms with E-state index in [1.54, 1.807) is 0 Å². The standard InChI is InChI=1S/C16H18ClN3O/c1-11-6-8-20(9-7-11)15(21)10-14-16(17)19-13-5-3-2-4-12(13)18-14/h2-5,11H,6-10H2,1H3. The lowest BCUT2D eigenvalue weighted by molar-refractivity contribution is -0.131. The lowest BCUT2D eigenvalue weighted by atomic mass is 9.99. The molecule has 0 bridgehead atoms. The highest BCUT2D eigenvalue weighted by molar-refractivity contribution is 6.30. The molecule has 1 fully saturated rings. The van der Waals surface area contributed by atoms with Crippen LogP contribution in [-0.2, 0) is 11.2 Å². The topological polar surface area (TPSA) is 46.1 Å². The molecule has 0 unspecified atom stereocenters. The summed E-state index contributed by atoms with van der Waals surface area (Å²) in [5.74, 6) is 0.798. The number of likely N-dealkylation sites (tertiary alicyclic amines) is 1. The fraction of sp³-hybridized carbons (Fsp3) is 0.438. The Morgan fingerprint density at radius 2 is 1.86 bits per heavy atom. The van der Waals surface area contributed by atoms with Gasteiger partial charge in [-0.15, -0.1) is 0 Å². The minimum atomic E-state index is 0.0911. The van der Waals surface area contributed by atoms with Gasteiger partial charge < -0.3 is 4.90 Å². The SMILES string of the molecule is CC1CCN(C(=O)Cc2nc3ccccc3nc2Cl)CC1. The maximum absolute atomic E-state index is 12.4. The summed E-state index contributed by atoms with van der Waals surface area (Å²) in [5, 5.41) is 0.326. The van der Waals surface area contributed by atoms with Crippen molar-refractivity contribution in [3.63, 3.8) is 0 Å². The Labute approximate surface area is 129 Å². The van der Waals surface area contributed by atoms with E-state index in [1.807, 2.05) is 29.2 Å². The van der Waals surface area contributed by atoms with Gasteiger partial charge in [-0.05, 0) is 30.9 Å². The molecule has 1 amide bonds. The van der Waals surface area contributed by atoms with Gasteiger partial charge in [-0.25, -0.2) is 9.97 Å². The third-order valence-electron chi connectivity index (χ3n) is 4.05. The minimum absolute atomic E-state index is 0.0911. The first-order valence-corrected chi connectivity index (χ1v) is 7.70. The van der Waals surface area contributed by atoms with Crippen LogP contribution in [0.25, 0.3) is 11.0 Å². The number of piperidine rings is 1. The largest absolute Gasteiger partial charge is 0.342 e. The number of aromatic nitrogens is 2. The maximum Gasteiger partial charge on any atom is 0.228 e. The van der Waals surface area contributed by atoms with E-state index in [-0.39, 0.29) is 12.3 Å². The van der Waals surface area contributed by atoms with Crippen LogP contribution in [0, 0.1) is 5.92 Å². The smallest absolute Gasteiger partial charge is 0.228 e. The monoisotopic (exact) mass is 303 g/mol. The Kier molecular flexibility index (Phi) is 4.06. The molecule has 21 heavy (non-hydrogen) atoms. The molecule has 5 heteroatoms. The van der Waals surface area contributed by atoms with Crippen LogP contribution in [0.1, 0.15) is 25.5 Å². The maximum atomic E-state index is 12.4. The zero-order valence-electron chi connectivity index (χ0n) is 12.1. The molecule has 1 saturated heterocycles. The summed E-state index contributed by atoms with van der Waals surface area (Å²) in [7, 11) is 0. The average molecular weight is 304 g/mol. The second-order valence-electron chi connectivity index (χ2n) is 5.69. The Hall–Kier alpha value is -1.68. The van der Waals surface area contributed by atoms with Crippen molar-refractivity contribution in [2.45, 2.75) is 26.2 Å². The highest BCUT2D eigenvalue weighted by Gasteiger charge is 2.21. The van der Waals surface area contributed by atoms with E-state index >= 15 is 0 Å². The Bertz CT molecular complexity index is 666. The summed E-state index contributed by atoms with van der Waals surface area (Å²) >= 11 is 6.17. The van der Waals surface area contributed by atoms with Gasteiger partial charge in [0.05, 0.1) is 23.1 Å². The van der Waals surface area contributed by atoms with Gasteiger partial charge in [-0.1, -0.05) is 30.7 Å². The van der Waals surface area contributed by atoms with Gasteiger partial charge in [0.25, 0.3) is 0 Å². The molecule has 4 nitrogen and oxygen atoms in total. The number of carbonyl (C=O) groups excluding carboxylic acids is 1. The van der Waals surface area contributed by atoms with Crippen molar-refractivity contribution < 1.29 is 4.79 Å². The molecule has 0 spiro atoms. The van der Waals surface area contributed by atoms with Gasteiger partial charge in [-0.2, -0.15) is 0 Å². The Morgan fingerprint density at radius 3 is 2.52 bits per heavy atom. The van der Waals surface area contributed by atoms with Crippen molar-refractivity contribution in [1.82, 2.24) is 14.9 Å². The van der Waals surface area contributed by atoms with Crippen molar-refractivity contribution in [2.24, 2.45) is 5.92 Å². The van der Waals surface area contributed by atoms with Crippen LogP contribution in [0.3, 0.4) is 0 Å². The van der Waals surface area contributed by atoms with Crippen LogP contribution in [0.5, 0.6) is 0 Å². The van der Waals surface area contributed by atoms with E-state index in [0.29, 0.717) is 16.8 Å². The zero-order chi connectivity index (χ0) is 14.8. The molecule has 3 rings (SSSR count). The molecular formula is C16H18ClN3O. The second kappa shape index (κ2) is 5.98. The van der Waals surface area contributed by atoms with Crippen LogP contribution < -0.4 is 0 Å². The van der Waals surface area contributed by atoms with E-state index in [4.69, 9.17) is 11.6 Å². The number of nitrogens with zero attached hydrogens (tertiary/aromatic N) is 3. The van der Waals surface area contributed by atoms with Crippen LogP contribution in [0.2, 0.25) is 5.15 Å². The van der Waals surface area contributed by atoms with Crippen LogP contribution >= 0.6 is 11.6 Å². The first kappa shape index (κ1) is 14.3. The molecular weight excluding hydrogens is 286 g/mol. The first-order valence-electron chi connectivity index (χ1n) is 7.32. The number of rotatable bonds is 2. The molecule has 1 aromatic heterocycles. The highest BCUT2D eigenvalue weighted by Crippen LogP contribution is 2.20. The fourth-order valence-electron chi connectivity index (χ4n) is 2.64. The lowest BCUT2D eigenvalue weighted by Gasteiger charge is -2.30. The predicted octanol–water partition coefficient (Wildman–Crippen LogP) is 3.08. The summed E-state index contributed by atoms with van der Waals surface area (Å²) in [4.78, 5) is 23.1. The summed E-state index contributed by atoms with van der Waals surface area (Å²) in [6, 6.07) is 7.55. The number of benzene rings is 1. The number of amides is 1. The Morgan fingerprint density at radius 1 is 1.24 bits per heavy atom. The van der Waals surface area contributed by atoms with Crippen molar-refractivity contribution in [1.29, 1.82) is 0 Å². The normalized spacial score (nSPS) is 16.4. The van der Waals surface area contributed by atoms with Gasteiger partial charge in [-0.3, -0.25) is 4.79 Å². The van der Waals surface area contributed by atoms with Crippen molar-refractivity contribution >= 4 is 28.5 Å². The third-order valence-corrected chi connectivity index (χ3v) is 4.35. The number of hydrogen-bond acceptors (Lipinski definition) is 3. The molecule has 1 aromatic carbocycles. The zero-order valence-corrected chi connectivity index (χ0v) is 12.8. The number of para-hydroxylation sites is 2. The van der Waals surface area contributed by atoms with Crippen LogP contribution in [0.15, 0.2) is 24.3 Å². The third kappa shape index (κ3) is 3.16. The molecule has 2 aromatic rings. The quantitative estimate of drug-likeness (QED) is 0.856. The summed E-state index contributed by atoms with van der Waals surface area (Å²) in [6.45, 7) is 3.89. The molecule has 110 valence electrons. The molecule has 0 aliphatic carbocycles.